The van der Waals surface area contributed by atoms with Gasteiger partial charge in [-0.3, -0.25) is 9.36 Å². The van der Waals surface area contributed by atoms with Crippen molar-refractivity contribution in [2.24, 2.45) is 0 Å². The maximum atomic E-state index is 12.9. The third-order valence-electron chi connectivity index (χ3n) is 6.15. The number of hydrogen-bond acceptors (Lipinski definition) is 7. The summed E-state index contributed by atoms with van der Waals surface area (Å²) in [4.78, 5) is 20.6. The Bertz CT molecular complexity index is 1200. The van der Waals surface area contributed by atoms with Crippen molar-refractivity contribution in [2.45, 2.75) is 42.8 Å². The van der Waals surface area contributed by atoms with Crippen molar-refractivity contribution in [1.29, 1.82) is 0 Å². The first-order valence-corrected chi connectivity index (χ1v) is 12.9. The number of hydrogen-bond donors (Lipinski definition) is 0. The van der Waals surface area contributed by atoms with Crippen LogP contribution in [0, 0.1) is 0 Å². The van der Waals surface area contributed by atoms with Crippen LogP contribution < -0.4 is 0 Å². The van der Waals surface area contributed by atoms with Crippen LogP contribution in [0.1, 0.15) is 43.5 Å². The molecule has 0 unspecified atom stereocenters. The topological polar surface area (TPSA) is 77.1 Å². The van der Waals surface area contributed by atoms with Gasteiger partial charge in [-0.2, -0.15) is 0 Å². The molecule has 1 amide bonds. The Hall–Kier alpha value is -2.65. The van der Waals surface area contributed by atoms with E-state index < -0.39 is 0 Å². The average molecular weight is 466 g/mol. The molecule has 0 radical (unpaired) electrons. The molecule has 164 valence electrons. The second kappa shape index (κ2) is 8.37. The molecule has 0 N–H and O–H groups in total. The Labute approximate surface area is 193 Å². The molecular formula is C23H23N5O2S2. The van der Waals surface area contributed by atoms with Gasteiger partial charge in [0.2, 0.25) is 5.91 Å². The Balaban J connectivity index is 1.08. The second-order valence-electron chi connectivity index (χ2n) is 8.35. The number of amides is 1. The Morgan fingerprint density at radius 1 is 1.09 bits per heavy atom. The van der Waals surface area contributed by atoms with E-state index in [9.17, 15) is 4.79 Å². The normalized spacial score (nSPS) is 17.3. The molecule has 9 heteroatoms. The monoisotopic (exact) mass is 465 g/mol. The van der Waals surface area contributed by atoms with E-state index in [1.807, 2.05) is 35.2 Å². The third kappa shape index (κ3) is 3.84. The van der Waals surface area contributed by atoms with Crippen LogP contribution in [0.3, 0.4) is 0 Å². The van der Waals surface area contributed by atoms with Gasteiger partial charge >= 0.3 is 0 Å². The summed E-state index contributed by atoms with van der Waals surface area (Å²) in [7, 11) is 0. The number of rotatable bonds is 6. The number of thioether (sulfide) groups is 1. The number of oxazole rings is 1. The summed E-state index contributed by atoms with van der Waals surface area (Å²) in [5.41, 5.74) is 1.73. The second-order valence-corrected chi connectivity index (χ2v) is 10.2. The van der Waals surface area contributed by atoms with Crippen LogP contribution in [0.2, 0.25) is 0 Å². The van der Waals surface area contributed by atoms with Gasteiger partial charge in [-0.1, -0.05) is 30.0 Å². The zero-order chi connectivity index (χ0) is 21.5. The highest BCUT2D eigenvalue weighted by Crippen LogP contribution is 2.42. The minimum absolute atomic E-state index is 0.161. The predicted octanol–water partition coefficient (Wildman–Crippen LogP) is 4.98. The molecule has 2 fully saturated rings. The van der Waals surface area contributed by atoms with Crippen LogP contribution in [0.15, 0.2) is 51.4 Å². The number of fused-ring (bicyclic) bond motifs is 1. The van der Waals surface area contributed by atoms with E-state index in [2.05, 4.69) is 31.2 Å². The van der Waals surface area contributed by atoms with E-state index in [1.54, 1.807) is 11.3 Å². The highest BCUT2D eigenvalue weighted by molar-refractivity contribution is 7.99. The lowest BCUT2D eigenvalue weighted by Gasteiger charge is -2.30. The number of nitrogens with zero attached hydrogens (tertiary/aromatic N) is 5. The van der Waals surface area contributed by atoms with E-state index in [4.69, 9.17) is 4.42 Å². The highest BCUT2D eigenvalue weighted by atomic mass is 32.2. The molecule has 1 aromatic carbocycles. The van der Waals surface area contributed by atoms with E-state index in [0.717, 1.165) is 71.6 Å². The molecule has 32 heavy (non-hydrogen) atoms. The van der Waals surface area contributed by atoms with E-state index in [-0.39, 0.29) is 11.8 Å². The minimum Gasteiger partial charge on any atom is -0.440 e. The van der Waals surface area contributed by atoms with Crippen molar-refractivity contribution in [1.82, 2.24) is 24.6 Å². The number of carbonyl (C=O) groups is 1. The fraction of sp³-hybridized carbons (Fsp3) is 0.391. The Kier molecular flexibility index (Phi) is 5.23. The van der Waals surface area contributed by atoms with Crippen LogP contribution in [0.4, 0.5) is 0 Å². The number of piperidine rings is 1. The van der Waals surface area contributed by atoms with Gasteiger partial charge in [0.25, 0.3) is 0 Å². The quantitative estimate of drug-likeness (QED) is 0.374. The predicted molar refractivity (Wildman–Crippen MR) is 125 cm³/mol. The Morgan fingerprint density at radius 3 is 2.69 bits per heavy atom. The SMILES string of the molecule is O=C(CSc1nnc(-c2cccs2)n1C1CC1)N1CCC(c2nc3ccccc3o2)CC1. The molecule has 1 aliphatic heterocycles. The van der Waals surface area contributed by atoms with Crippen LogP contribution in [-0.4, -0.2) is 49.4 Å². The van der Waals surface area contributed by atoms with Crippen molar-refractivity contribution < 1.29 is 9.21 Å². The Morgan fingerprint density at radius 2 is 1.94 bits per heavy atom. The van der Waals surface area contributed by atoms with E-state index >= 15 is 0 Å². The maximum Gasteiger partial charge on any atom is 0.233 e. The number of benzene rings is 1. The zero-order valence-electron chi connectivity index (χ0n) is 17.5. The molecular weight excluding hydrogens is 442 g/mol. The molecule has 0 atom stereocenters. The van der Waals surface area contributed by atoms with Gasteiger partial charge in [0, 0.05) is 25.0 Å². The van der Waals surface area contributed by atoms with Crippen LogP contribution in [-0.2, 0) is 4.79 Å². The first-order chi connectivity index (χ1) is 15.8. The summed E-state index contributed by atoms with van der Waals surface area (Å²) < 4.78 is 8.17. The standard InChI is InChI=1S/C23H23N5O2S2/c29-20(14-32-23-26-25-21(19-6-3-13-31-19)28(23)16-7-8-16)27-11-9-15(10-12-27)22-24-17-4-1-2-5-18(17)30-22/h1-6,13,15-16H,7-12,14H2. The van der Waals surface area contributed by atoms with Gasteiger partial charge in [-0.25, -0.2) is 4.98 Å². The largest absolute Gasteiger partial charge is 0.440 e. The summed E-state index contributed by atoms with van der Waals surface area (Å²) in [5.74, 6) is 2.55. The van der Waals surface area contributed by atoms with Gasteiger partial charge in [0.15, 0.2) is 22.5 Å². The molecule has 0 bridgehead atoms. The van der Waals surface area contributed by atoms with Crippen molar-refractivity contribution in [3.63, 3.8) is 0 Å². The molecule has 1 saturated carbocycles. The summed E-state index contributed by atoms with van der Waals surface area (Å²) >= 11 is 3.18. The van der Waals surface area contributed by atoms with Crippen molar-refractivity contribution >= 4 is 40.1 Å². The lowest BCUT2D eigenvalue weighted by molar-refractivity contribution is -0.129. The smallest absolute Gasteiger partial charge is 0.233 e. The van der Waals surface area contributed by atoms with Gasteiger partial charge < -0.3 is 9.32 Å². The van der Waals surface area contributed by atoms with Crippen LogP contribution in [0.25, 0.3) is 21.8 Å². The van der Waals surface area contributed by atoms with Gasteiger partial charge in [-0.05, 0) is 49.3 Å². The molecule has 1 saturated heterocycles. The molecule has 1 aliphatic carbocycles. The summed E-state index contributed by atoms with van der Waals surface area (Å²) in [5, 5.41) is 11.8. The highest BCUT2D eigenvalue weighted by Gasteiger charge is 2.31. The number of thiophene rings is 1. The van der Waals surface area contributed by atoms with E-state index in [1.165, 1.54) is 11.8 Å². The van der Waals surface area contributed by atoms with E-state index in [0.29, 0.717) is 11.8 Å². The summed E-state index contributed by atoms with van der Waals surface area (Å²) in [6, 6.07) is 12.4. The lowest BCUT2D eigenvalue weighted by Crippen LogP contribution is -2.39. The number of para-hydroxylation sites is 2. The fourth-order valence-electron chi connectivity index (χ4n) is 4.27. The summed E-state index contributed by atoms with van der Waals surface area (Å²) in [6.45, 7) is 1.47. The van der Waals surface area contributed by atoms with Gasteiger partial charge in [0.05, 0.1) is 10.6 Å². The molecule has 0 spiro atoms. The number of aromatic nitrogens is 4. The minimum atomic E-state index is 0.161. The number of carbonyl (C=O) groups excluding carboxylic acids is 1. The van der Waals surface area contributed by atoms with Crippen LogP contribution in [0.5, 0.6) is 0 Å². The molecule has 4 heterocycles. The third-order valence-corrected chi connectivity index (χ3v) is 7.94. The van der Waals surface area contributed by atoms with Crippen molar-refractivity contribution in [3.05, 3.63) is 47.7 Å². The molecule has 6 rings (SSSR count). The molecule has 4 aromatic rings. The number of likely N-dealkylation sites (tertiary alicyclic amines) is 1. The zero-order valence-corrected chi connectivity index (χ0v) is 19.1. The van der Waals surface area contributed by atoms with Crippen molar-refractivity contribution in [2.75, 3.05) is 18.8 Å². The van der Waals surface area contributed by atoms with Crippen molar-refractivity contribution in [3.8, 4) is 10.7 Å². The fourth-order valence-corrected chi connectivity index (χ4v) is 5.88. The molecule has 7 nitrogen and oxygen atoms in total. The first kappa shape index (κ1) is 20.0. The summed E-state index contributed by atoms with van der Waals surface area (Å²) in [6.07, 6.45) is 4.07. The maximum absolute atomic E-state index is 12.9. The first-order valence-electron chi connectivity index (χ1n) is 11.0. The lowest BCUT2D eigenvalue weighted by atomic mass is 9.97. The van der Waals surface area contributed by atoms with Gasteiger partial charge in [0.1, 0.15) is 5.52 Å². The average Bonchev–Trinajstić information content (AvgIpc) is 3.22. The molecule has 2 aliphatic rings. The van der Waals surface area contributed by atoms with Gasteiger partial charge in [-0.15, -0.1) is 21.5 Å². The molecule has 3 aromatic heterocycles. The van der Waals surface area contributed by atoms with Crippen LogP contribution >= 0.6 is 23.1 Å².